The van der Waals surface area contributed by atoms with Crippen molar-refractivity contribution in [3.8, 4) is 0 Å². The highest BCUT2D eigenvalue weighted by atomic mass is 32.2. The molecule has 0 saturated carbocycles. The number of likely N-dealkylation sites (tertiary alicyclic amines) is 1. The second-order valence-corrected chi connectivity index (χ2v) is 7.10. The normalized spacial score (nSPS) is 14.9. The van der Waals surface area contributed by atoms with Crippen LogP contribution in [-0.2, 0) is 14.3 Å². The van der Waals surface area contributed by atoms with Crippen molar-refractivity contribution in [2.45, 2.75) is 25.9 Å². The molecule has 0 unspecified atom stereocenters. The molecule has 0 spiro atoms. The lowest BCUT2D eigenvalue weighted by Crippen LogP contribution is -2.31. The quantitative estimate of drug-likeness (QED) is 0.618. The Labute approximate surface area is 154 Å². The molecule has 1 amide bonds. The number of nitrogens with one attached hydrogen (secondary N) is 1. The second-order valence-electron chi connectivity index (χ2n) is 5.49. The number of benzene rings is 1. The molecule has 0 aliphatic carbocycles. The van der Waals surface area contributed by atoms with Crippen LogP contribution >= 0.6 is 24.0 Å². The number of amides is 1. The molecule has 1 atom stereocenters. The lowest BCUT2D eigenvalue weighted by Gasteiger charge is -2.18. The Morgan fingerprint density at radius 1 is 1.36 bits per heavy atom. The van der Waals surface area contributed by atoms with Gasteiger partial charge >= 0.3 is 5.97 Å². The molecule has 1 aromatic carbocycles. The summed E-state index contributed by atoms with van der Waals surface area (Å²) in [6, 6.07) is 2.69. The maximum Gasteiger partial charge on any atom is 0.317 e. The largest absolute Gasteiger partial charge is 0.452 e. The Morgan fingerprint density at radius 3 is 2.72 bits per heavy atom. The molecule has 1 aliphatic rings. The molecule has 1 fully saturated rings. The Hall–Kier alpha value is -1.74. The van der Waals surface area contributed by atoms with Gasteiger partial charge in [0.25, 0.3) is 5.91 Å². The van der Waals surface area contributed by atoms with Crippen molar-refractivity contribution in [3.63, 3.8) is 0 Å². The topological polar surface area (TPSA) is 58.6 Å². The zero-order valence-electron chi connectivity index (χ0n) is 13.6. The van der Waals surface area contributed by atoms with E-state index in [0.717, 1.165) is 44.1 Å². The molecular formula is C16H18F2N2O3S2. The Kier molecular flexibility index (Phi) is 7.12. The lowest BCUT2D eigenvalue weighted by atomic mass is 10.2. The van der Waals surface area contributed by atoms with Crippen LogP contribution in [0.4, 0.5) is 14.5 Å². The van der Waals surface area contributed by atoms with Crippen molar-refractivity contribution < 1.29 is 23.1 Å². The number of anilines is 1. The number of thioether (sulfide) groups is 1. The molecule has 1 aromatic rings. The molecule has 1 heterocycles. The molecule has 25 heavy (non-hydrogen) atoms. The van der Waals surface area contributed by atoms with Gasteiger partial charge < -0.3 is 15.0 Å². The summed E-state index contributed by atoms with van der Waals surface area (Å²) in [6.07, 6.45) is 1.02. The summed E-state index contributed by atoms with van der Waals surface area (Å²) in [4.78, 5) is 25.8. The molecule has 1 aliphatic heterocycles. The van der Waals surface area contributed by atoms with Gasteiger partial charge in [-0.3, -0.25) is 9.59 Å². The van der Waals surface area contributed by atoms with E-state index in [4.69, 9.17) is 17.0 Å². The molecule has 2 rings (SSSR count). The lowest BCUT2D eigenvalue weighted by molar-refractivity contribution is -0.150. The molecule has 5 nitrogen and oxygen atoms in total. The predicted octanol–water partition coefficient (Wildman–Crippen LogP) is 2.95. The number of rotatable bonds is 5. The predicted molar refractivity (Wildman–Crippen MR) is 96.4 cm³/mol. The minimum atomic E-state index is -1.14. The number of carbonyl (C=O) groups is 2. The number of hydrogen-bond acceptors (Lipinski definition) is 5. The van der Waals surface area contributed by atoms with E-state index in [-0.39, 0.29) is 11.4 Å². The third-order valence-corrected chi connectivity index (χ3v) is 5.04. The maximum absolute atomic E-state index is 13.5. The van der Waals surface area contributed by atoms with Gasteiger partial charge in [-0.05, 0) is 31.9 Å². The second kappa shape index (κ2) is 9.10. The standard InChI is InChI=1S/C16H18F2N2O3S2/c1-10(15(22)19-13-8-11(17)4-5-12(13)18)23-14(21)9-25-16(24)20-6-2-3-7-20/h4-5,8,10H,2-3,6-7,9H2,1H3,(H,19,22)/t10-/m0/s1. The molecule has 9 heteroatoms. The van der Waals surface area contributed by atoms with Crippen LogP contribution in [0.1, 0.15) is 19.8 Å². The SMILES string of the molecule is C[C@H](OC(=O)CSC(=S)N1CCCC1)C(=O)Nc1cc(F)ccc1F. The van der Waals surface area contributed by atoms with Gasteiger partial charge in [0.2, 0.25) is 0 Å². The van der Waals surface area contributed by atoms with Gasteiger partial charge in [0.1, 0.15) is 16.0 Å². The van der Waals surface area contributed by atoms with Crippen LogP contribution in [0.3, 0.4) is 0 Å². The van der Waals surface area contributed by atoms with Gasteiger partial charge in [-0.15, -0.1) is 0 Å². The summed E-state index contributed by atoms with van der Waals surface area (Å²) < 4.78 is 32.2. The summed E-state index contributed by atoms with van der Waals surface area (Å²) in [5, 5.41) is 2.19. The van der Waals surface area contributed by atoms with E-state index in [1.54, 1.807) is 0 Å². The average molecular weight is 388 g/mol. The van der Waals surface area contributed by atoms with E-state index in [9.17, 15) is 18.4 Å². The van der Waals surface area contributed by atoms with Crippen molar-refractivity contribution in [2.24, 2.45) is 0 Å². The van der Waals surface area contributed by atoms with E-state index in [1.165, 1.54) is 18.7 Å². The number of esters is 1. The fourth-order valence-electron chi connectivity index (χ4n) is 2.22. The summed E-state index contributed by atoms with van der Waals surface area (Å²) in [5.74, 6) is -2.83. The first-order valence-corrected chi connectivity index (χ1v) is 9.13. The highest BCUT2D eigenvalue weighted by molar-refractivity contribution is 8.23. The summed E-state index contributed by atoms with van der Waals surface area (Å²) in [7, 11) is 0. The van der Waals surface area contributed by atoms with Crippen LogP contribution in [0.2, 0.25) is 0 Å². The highest BCUT2D eigenvalue weighted by Crippen LogP contribution is 2.17. The molecular weight excluding hydrogens is 370 g/mol. The minimum Gasteiger partial charge on any atom is -0.452 e. The number of ether oxygens (including phenoxy) is 1. The van der Waals surface area contributed by atoms with Crippen LogP contribution in [0.5, 0.6) is 0 Å². The molecule has 1 N–H and O–H groups in total. The Bertz CT molecular complexity index is 667. The van der Waals surface area contributed by atoms with Gasteiger partial charge in [0.05, 0.1) is 11.4 Å². The maximum atomic E-state index is 13.5. The van der Waals surface area contributed by atoms with Crippen LogP contribution in [0.15, 0.2) is 18.2 Å². The van der Waals surface area contributed by atoms with Gasteiger partial charge in [0, 0.05) is 19.2 Å². The van der Waals surface area contributed by atoms with Crippen molar-refractivity contribution in [1.29, 1.82) is 0 Å². The first kappa shape index (κ1) is 19.6. The molecule has 1 saturated heterocycles. The number of hydrogen-bond donors (Lipinski definition) is 1. The third-order valence-electron chi connectivity index (χ3n) is 3.54. The van der Waals surface area contributed by atoms with Gasteiger partial charge in [0.15, 0.2) is 6.10 Å². The molecule has 0 aromatic heterocycles. The number of halogens is 2. The Morgan fingerprint density at radius 2 is 2.04 bits per heavy atom. The zero-order valence-corrected chi connectivity index (χ0v) is 15.2. The third kappa shape index (κ3) is 5.93. The fraction of sp³-hybridized carbons (Fsp3) is 0.438. The monoisotopic (exact) mass is 388 g/mol. The molecule has 0 bridgehead atoms. The van der Waals surface area contributed by atoms with E-state index in [2.05, 4.69) is 5.32 Å². The van der Waals surface area contributed by atoms with E-state index >= 15 is 0 Å². The highest BCUT2D eigenvalue weighted by Gasteiger charge is 2.21. The smallest absolute Gasteiger partial charge is 0.317 e. The van der Waals surface area contributed by atoms with Crippen LogP contribution in [-0.4, -0.2) is 46.0 Å². The molecule has 136 valence electrons. The first-order valence-electron chi connectivity index (χ1n) is 7.74. The van der Waals surface area contributed by atoms with E-state index < -0.39 is 29.6 Å². The van der Waals surface area contributed by atoms with Gasteiger partial charge in [-0.2, -0.15) is 0 Å². The minimum absolute atomic E-state index is 0.0126. The summed E-state index contributed by atoms with van der Waals surface area (Å²) >= 11 is 6.42. The zero-order chi connectivity index (χ0) is 18.4. The van der Waals surface area contributed by atoms with Gasteiger partial charge in [-0.25, -0.2) is 8.78 Å². The van der Waals surface area contributed by atoms with Crippen LogP contribution < -0.4 is 5.32 Å². The fourth-order valence-corrected chi connectivity index (χ4v) is 3.26. The first-order chi connectivity index (χ1) is 11.9. The van der Waals surface area contributed by atoms with E-state index in [0.29, 0.717) is 4.32 Å². The van der Waals surface area contributed by atoms with Crippen molar-refractivity contribution in [2.75, 3.05) is 24.2 Å². The number of nitrogens with zero attached hydrogens (tertiary/aromatic N) is 1. The summed E-state index contributed by atoms with van der Waals surface area (Å²) in [5.41, 5.74) is -0.308. The van der Waals surface area contributed by atoms with Crippen molar-refractivity contribution in [3.05, 3.63) is 29.8 Å². The van der Waals surface area contributed by atoms with Crippen LogP contribution in [0, 0.1) is 11.6 Å². The average Bonchev–Trinajstić information content (AvgIpc) is 3.10. The molecule has 0 radical (unpaired) electrons. The van der Waals surface area contributed by atoms with Crippen LogP contribution in [0.25, 0.3) is 0 Å². The number of thiocarbonyl (C=S) groups is 1. The van der Waals surface area contributed by atoms with Crippen molar-refractivity contribution in [1.82, 2.24) is 4.90 Å². The van der Waals surface area contributed by atoms with E-state index in [1.807, 2.05) is 4.90 Å². The summed E-state index contributed by atoms with van der Waals surface area (Å²) in [6.45, 7) is 3.13. The number of carbonyl (C=O) groups excluding carboxylic acids is 2. The van der Waals surface area contributed by atoms with Crippen molar-refractivity contribution >= 4 is 45.9 Å². The Balaban J connectivity index is 1.78. The van der Waals surface area contributed by atoms with Gasteiger partial charge in [-0.1, -0.05) is 24.0 Å².